The van der Waals surface area contributed by atoms with E-state index in [1.807, 2.05) is 47.4 Å². The maximum atomic E-state index is 13.5. The van der Waals surface area contributed by atoms with Crippen molar-refractivity contribution in [2.24, 2.45) is 0 Å². The van der Waals surface area contributed by atoms with Gasteiger partial charge in [0.25, 0.3) is 5.91 Å². The summed E-state index contributed by atoms with van der Waals surface area (Å²) in [6.45, 7) is 1.66. The predicted molar refractivity (Wildman–Crippen MR) is 138 cm³/mol. The Bertz CT molecular complexity index is 1060. The third-order valence-corrected chi connectivity index (χ3v) is 5.74. The number of fused-ring (bicyclic) bond motifs is 1. The molecule has 166 valence electrons. The Hall–Kier alpha value is -2.88. The summed E-state index contributed by atoms with van der Waals surface area (Å²) in [6.07, 6.45) is 7.46. The van der Waals surface area contributed by atoms with Crippen molar-refractivity contribution in [1.82, 2.24) is 4.90 Å². The zero-order chi connectivity index (χ0) is 21.6. The third-order valence-electron chi connectivity index (χ3n) is 5.74. The normalized spacial score (nSPS) is 13.5. The van der Waals surface area contributed by atoms with Crippen molar-refractivity contribution < 1.29 is 4.79 Å². The topological polar surface area (TPSA) is 23.6 Å². The average molecular weight is 447 g/mol. The second kappa shape index (κ2) is 11.1. The van der Waals surface area contributed by atoms with Gasteiger partial charge in [0, 0.05) is 24.3 Å². The third kappa shape index (κ3) is 5.67. The number of hydrogen-bond acceptors (Lipinski definition) is 2. The van der Waals surface area contributed by atoms with Crippen LogP contribution in [0, 0.1) is 0 Å². The fourth-order valence-corrected chi connectivity index (χ4v) is 4.06. The number of amides is 1. The fraction of sp³-hybridized carbons (Fsp3) is 0.250. The van der Waals surface area contributed by atoms with Gasteiger partial charge in [-0.05, 0) is 73.8 Å². The van der Waals surface area contributed by atoms with Gasteiger partial charge in [0.2, 0.25) is 0 Å². The minimum absolute atomic E-state index is 0. The number of halogens is 1. The van der Waals surface area contributed by atoms with E-state index < -0.39 is 0 Å². The zero-order valence-corrected chi connectivity index (χ0v) is 19.6. The molecule has 3 aromatic carbocycles. The number of anilines is 1. The number of likely N-dealkylation sites (N-methyl/N-ethyl adjacent to an activating group) is 1. The molecular weight excluding hydrogens is 416 g/mol. The molecule has 0 saturated carbocycles. The average Bonchev–Trinajstić information content (AvgIpc) is 3.01. The van der Waals surface area contributed by atoms with Gasteiger partial charge in [0.05, 0.1) is 0 Å². The van der Waals surface area contributed by atoms with E-state index in [-0.39, 0.29) is 18.3 Å². The monoisotopic (exact) mass is 446 g/mol. The van der Waals surface area contributed by atoms with Crippen molar-refractivity contribution in [2.45, 2.75) is 19.3 Å². The maximum Gasteiger partial charge on any atom is 0.258 e. The summed E-state index contributed by atoms with van der Waals surface area (Å²) < 4.78 is 0. The van der Waals surface area contributed by atoms with Crippen LogP contribution in [0.1, 0.15) is 34.3 Å². The van der Waals surface area contributed by atoms with Crippen LogP contribution in [0.4, 0.5) is 5.69 Å². The highest BCUT2D eigenvalue weighted by atomic mass is 35.5. The Morgan fingerprint density at radius 1 is 0.938 bits per heavy atom. The molecule has 0 N–H and O–H groups in total. The molecular formula is C28H31ClN2O. The lowest BCUT2D eigenvalue weighted by atomic mass is 10.0. The van der Waals surface area contributed by atoms with Crippen LogP contribution in [0.25, 0.3) is 17.2 Å². The molecule has 0 radical (unpaired) electrons. The predicted octanol–water partition coefficient (Wildman–Crippen LogP) is 6.33. The summed E-state index contributed by atoms with van der Waals surface area (Å²) in [5, 5.41) is 0. The molecule has 3 nitrogen and oxygen atoms in total. The maximum absolute atomic E-state index is 13.5. The highest BCUT2D eigenvalue weighted by Gasteiger charge is 2.22. The fourth-order valence-electron chi connectivity index (χ4n) is 4.06. The van der Waals surface area contributed by atoms with Crippen molar-refractivity contribution in [2.75, 3.05) is 32.1 Å². The van der Waals surface area contributed by atoms with Crippen molar-refractivity contribution in [3.63, 3.8) is 0 Å². The lowest BCUT2D eigenvalue weighted by Crippen LogP contribution is -2.31. The highest BCUT2D eigenvalue weighted by Crippen LogP contribution is 2.30. The molecule has 1 amide bonds. The van der Waals surface area contributed by atoms with Crippen molar-refractivity contribution >= 4 is 30.1 Å². The molecule has 3 aromatic rings. The molecule has 1 aliphatic heterocycles. The number of carbonyl (C=O) groups excluding carboxylic acids is 1. The first-order valence-corrected chi connectivity index (χ1v) is 11.0. The lowest BCUT2D eigenvalue weighted by molar-refractivity contribution is 0.0987. The van der Waals surface area contributed by atoms with Crippen LogP contribution < -0.4 is 4.90 Å². The summed E-state index contributed by atoms with van der Waals surface area (Å²) in [5.41, 5.74) is 6.48. The number of rotatable bonds is 5. The Labute approximate surface area is 197 Å². The zero-order valence-electron chi connectivity index (χ0n) is 18.8. The van der Waals surface area contributed by atoms with Crippen LogP contribution in [0.2, 0.25) is 0 Å². The minimum atomic E-state index is 0. The van der Waals surface area contributed by atoms with E-state index in [9.17, 15) is 4.79 Å². The summed E-state index contributed by atoms with van der Waals surface area (Å²) >= 11 is 0. The number of aryl methyl sites for hydroxylation is 1. The van der Waals surface area contributed by atoms with Gasteiger partial charge in [-0.1, -0.05) is 66.7 Å². The molecule has 0 bridgehead atoms. The lowest BCUT2D eigenvalue weighted by Gasteiger charge is -2.24. The molecule has 0 aliphatic carbocycles. The number of benzene rings is 3. The van der Waals surface area contributed by atoms with E-state index in [1.54, 1.807) is 0 Å². The smallest absolute Gasteiger partial charge is 0.258 e. The van der Waals surface area contributed by atoms with Gasteiger partial charge in [0.15, 0.2) is 0 Å². The Kier molecular flexibility index (Phi) is 8.26. The Balaban J connectivity index is 0.00000289. The van der Waals surface area contributed by atoms with E-state index in [1.165, 1.54) is 5.56 Å². The standard InChI is InChI=1S/C28H30N2O.ClH/c1-29(2)19-8-9-22-13-14-25-12-6-7-20-30(27(25)21-22)28(31)26-17-15-24(16-18-26)23-10-4-3-5-11-23;/h3-5,8-11,13-18,21H,6-7,12,19-20H2,1-2H3;1H. The largest absolute Gasteiger partial charge is 0.308 e. The van der Waals surface area contributed by atoms with Gasteiger partial charge in [0.1, 0.15) is 0 Å². The van der Waals surface area contributed by atoms with E-state index in [0.29, 0.717) is 0 Å². The van der Waals surface area contributed by atoms with Crippen LogP contribution in [0.5, 0.6) is 0 Å². The molecule has 32 heavy (non-hydrogen) atoms. The van der Waals surface area contributed by atoms with Gasteiger partial charge < -0.3 is 9.80 Å². The summed E-state index contributed by atoms with van der Waals surface area (Å²) in [6, 6.07) is 24.8. The van der Waals surface area contributed by atoms with E-state index in [2.05, 4.69) is 61.5 Å². The van der Waals surface area contributed by atoms with Crippen molar-refractivity contribution in [1.29, 1.82) is 0 Å². The molecule has 1 aliphatic rings. The molecule has 0 atom stereocenters. The van der Waals surface area contributed by atoms with Crippen LogP contribution >= 0.6 is 12.4 Å². The second-order valence-electron chi connectivity index (χ2n) is 8.41. The number of hydrogen-bond donors (Lipinski definition) is 0. The highest BCUT2D eigenvalue weighted by molar-refractivity contribution is 6.07. The second-order valence-corrected chi connectivity index (χ2v) is 8.41. The number of carbonyl (C=O) groups is 1. The van der Waals surface area contributed by atoms with E-state index in [4.69, 9.17) is 0 Å². The molecule has 0 unspecified atom stereocenters. The molecule has 0 spiro atoms. The first-order chi connectivity index (χ1) is 15.1. The molecule has 1 heterocycles. The van der Waals surface area contributed by atoms with Gasteiger partial charge >= 0.3 is 0 Å². The molecule has 0 fully saturated rings. The molecule has 0 saturated heterocycles. The molecule has 4 rings (SSSR count). The first-order valence-electron chi connectivity index (χ1n) is 11.0. The van der Waals surface area contributed by atoms with Crippen molar-refractivity contribution in [3.8, 4) is 11.1 Å². The SMILES string of the molecule is CN(C)CC=Cc1ccc2c(c1)N(C(=O)c1ccc(-c3ccccc3)cc1)CCCC2.Cl. The van der Waals surface area contributed by atoms with Gasteiger partial charge in [-0.2, -0.15) is 0 Å². The van der Waals surface area contributed by atoms with Crippen LogP contribution in [-0.2, 0) is 6.42 Å². The van der Waals surface area contributed by atoms with Crippen molar-refractivity contribution in [3.05, 3.63) is 95.6 Å². The van der Waals surface area contributed by atoms with E-state index >= 15 is 0 Å². The Morgan fingerprint density at radius 3 is 2.38 bits per heavy atom. The van der Waals surface area contributed by atoms with Crippen LogP contribution in [0.15, 0.2) is 78.9 Å². The molecule has 4 heteroatoms. The van der Waals surface area contributed by atoms with Crippen LogP contribution in [-0.4, -0.2) is 38.0 Å². The van der Waals surface area contributed by atoms with Gasteiger partial charge in [-0.15, -0.1) is 12.4 Å². The molecule has 0 aromatic heterocycles. The van der Waals surface area contributed by atoms with E-state index in [0.717, 1.165) is 60.3 Å². The number of nitrogens with zero attached hydrogens (tertiary/aromatic N) is 2. The van der Waals surface area contributed by atoms with Gasteiger partial charge in [-0.25, -0.2) is 0 Å². The first kappa shape index (κ1) is 23.8. The minimum Gasteiger partial charge on any atom is -0.308 e. The quantitative estimate of drug-likeness (QED) is 0.457. The summed E-state index contributed by atoms with van der Waals surface area (Å²) in [5.74, 6) is 0.0807. The van der Waals surface area contributed by atoms with Crippen LogP contribution in [0.3, 0.4) is 0 Å². The Morgan fingerprint density at radius 2 is 1.66 bits per heavy atom. The summed E-state index contributed by atoms with van der Waals surface area (Å²) in [7, 11) is 4.12. The summed E-state index contributed by atoms with van der Waals surface area (Å²) in [4.78, 5) is 17.6. The van der Waals surface area contributed by atoms with Gasteiger partial charge in [-0.3, -0.25) is 4.79 Å².